The molecule has 0 spiro atoms. The van der Waals surface area contributed by atoms with E-state index >= 15 is 0 Å². The van der Waals surface area contributed by atoms with E-state index in [0.717, 1.165) is 26.2 Å². The Labute approximate surface area is 768 Å². The zero-order valence-electron chi connectivity index (χ0n) is 86.1. The van der Waals surface area contributed by atoms with Crippen molar-refractivity contribution in [3.63, 3.8) is 0 Å². The standard InChI is InChI=1S/C21H17N2.C21H19N2.C17H17N2.C17H19N2.C13H14N.14C2H6/c1-14-8-7-10-16-15-9-3-4-11-17(15)23-19-13-6-5-12-18(19)22(2)21(23)20(14)16;1-16-10-6-7-13-18(16)21-22(2)19-14-8-9-15-20(19)23(21)17-11-4-3-5-12-17;1-12-6-5-8-14-13-7-3-4-9-15(13)19-11-10-18(2)17(19)16(12)14;1-14-8-6-7-11-16(14)17-18(2)12-13-19(17)15-9-4-3-5-10-15;1-11-7-3-4-8-12(11)13-9-5-6-10-14(13)2;14*1-2/h3-13H,1-2H3;3-15H,1-2H3;3-9H,10-11H2,1-2H3;3-11H,12-13H2,1-2H3;3-10H,1-2H3;14*1-2H3/q5*+1;;;;;;;;;;;;;;. The molecule has 2 aliphatic rings. The van der Waals surface area contributed by atoms with E-state index < -0.39 is 0 Å². The van der Waals surface area contributed by atoms with E-state index in [1.54, 1.807) is 0 Å². The quantitative estimate of drug-likeness (QED) is 0.127. The maximum Gasteiger partial charge on any atom is 0.295 e. The molecule has 0 unspecified atom stereocenters. The second-order valence-electron chi connectivity index (χ2n) is 26.0. The molecular formula is C117H170N9+5. The summed E-state index contributed by atoms with van der Waals surface area (Å²) in [7, 11) is 10.7. The number of imidazole rings is 2. The third kappa shape index (κ3) is 28.2. The van der Waals surface area contributed by atoms with Gasteiger partial charge in [0.2, 0.25) is 5.69 Å². The summed E-state index contributed by atoms with van der Waals surface area (Å²) in [6, 6.07) is 101. The first-order chi connectivity index (χ1) is 61.9. The molecule has 18 rings (SSSR count). The van der Waals surface area contributed by atoms with Crippen molar-refractivity contribution in [1.29, 1.82) is 0 Å². The molecule has 126 heavy (non-hydrogen) atoms. The fraction of sp³-hybridized carbons (Fsp3) is 0.359. The van der Waals surface area contributed by atoms with Crippen LogP contribution < -0.4 is 28.1 Å². The minimum atomic E-state index is 1.05. The number of rotatable bonds is 5. The molecule has 0 aliphatic carbocycles. The SMILES string of the molecule is CC.CC.CC.CC.CC.CC.CC.CC.CC.CC.CC.CC.CC.CC.Cc1cccc2c1c1[n+](c3ccccc23)CCN1C.Cc1cccc2c3ccccc3n3c4ccccc4[n+](C)c3c12.Cc1ccccc1-c1cccc[n+]1C.Cc1ccccc1-c1n(-c2ccccc2)c2ccccc2[n+]1C.Cc1ccccc1C1=[N+](C)CCN1c1ccccc1. The summed E-state index contributed by atoms with van der Waals surface area (Å²) in [5, 5.41) is 8.11. The molecule has 11 aromatic carbocycles. The van der Waals surface area contributed by atoms with Crippen LogP contribution in [0.3, 0.4) is 0 Å². The van der Waals surface area contributed by atoms with Crippen molar-refractivity contribution < 1.29 is 22.8 Å². The van der Waals surface area contributed by atoms with Crippen molar-refractivity contribution >= 4 is 88.4 Å². The first-order valence-corrected chi connectivity index (χ1v) is 48.2. The summed E-state index contributed by atoms with van der Waals surface area (Å²) in [6.45, 7) is 71.2. The molecule has 2 aliphatic heterocycles. The minimum absolute atomic E-state index is 1.05. The molecule has 7 heterocycles. The molecule has 0 bridgehead atoms. The Hall–Kier alpha value is -11.6. The number of aromatic nitrogens is 6. The lowest BCUT2D eigenvalue weighted by atomic mass is 10.0. The first kappa shape index (κ1) is 114. The van der Waals surface area contributed by atoms with Gasteiger partial charge in [-0.3, -0.25) is 9.48 Å². The Kier molecular flexibility index (Phi) is 59.1. The van der Waals surface area contributed by atoms with Gasteiger partial charge in [0, 0.05) is 39.2 Å². The third-order valence-electron chi connectivity index (χ3n) is 19.8. The van der Waals surface area contributed by atoms with Crippen molar-refractivity contribution in [2.24, 2.45) is 21.1 Å². The second-order valence-corrected chi connectivity index (χ2v) is 26.0. The number of anilines is 2. The maximum atomic E-state index is 2.46. The molecule has 0 saturated heterocycles. The Balaban J connectivity index is 0.00000145. The highest BCUT2D eigenvalue weighted by atomic mass is 15.3. The second kappa shape index (κ2) is 65.1. The lowest BCUT2D eigenvalue weighted by molar-refractivity contribution is -0.660. The normalized spacial score (nSPS) is 10.4. The molecule has 0 atom stereocenters. The first-order valence-electron chi connectivity index (χ1n) is 48.2. The van der Waals surface area contributed by atoms with Crippen molar-refractivity contribution in [3.8, 4) is 28.3 Å². The van der Waals surface area contributed by atoms with Gasteiger partial charge in [0.15, 0.2) is 28.3 Å². The van der Waals surface area contributed by atoms with Crippen LogP contribution in [0.2, 0.25) is 0 Å². The van der Waals surface area contributed by atoms with Crippen LogP contribution >= 0.6 is 0 Å². The Bertz CT molecular complexity index is 5630. The summed E-state index contributed by atoms with van der Waals surface area (Å²) in [4.78, 5) is 4.78. The van der Waals surface area contributed by atoms with E-state index in [9.17, 15) is 0 Å². The topological polar surface area (TPSA) is 34.4 Å². The Morgan fingerprint density at radius 2 is 0.651 bits per heavy atom. The highest BCUT2D eigenvalue weighted by Gasteiger charge is 2.34. The number of fused-ring (bicyclic) bond motifs is 15. The molecule has 0 radical (unpaired) electrons. The zero-order valence-corrected chi connectivity index (χ0v) is 86.1. The summed E-state index contributed by atoms with van der Waals surface area (Å²) in [5.74, 6) is 3.88. The number of pyridine rings is 3. The largest absolute Gasteiger partial charge is 0.295 e. The van der Waals surface area contributed by atoms with E-state index in [-0.39, 0.29) is 0 Å². The van der Waals surface area contributed by atoms with E-state index in [1.165, 1.54) is 150 Å². The van der Waals surface area contributed by atoms with Gasteiger partial charge in [0.05, 0.1) is 50.1 Å². The molecule has 9 nitrogen and oxygen atoms in total. The fourth-order valence-electron chi connectivity index (χ4n) is 14.9. The molecule has 16 aromatic rings. The minimum Gasteiger partial charge on any atom is -0.260 e. The Morgan fingerprint density at radius 1 is 0.278 bits per heavy atom. The molecule has 5 aromatic heterocycles. The molecular weight excluding hydrogens is 1530 g/mol. The average molecular weight is 1700 g/mol. The van der Waals surface area contributed by atoms with Crippen LogP contribution in [0.1, 0.15) is 227 Å². The fourth-order valence-corrected chi connectivity index (χ4v) is 14.9. The molecule has 0 N–H and O–H groups in total. The number of likely N-dealkylation sites (N-methyl/N-ethyl adjacent to an activating group) is 2. The van der Waals surface area contributed by atoms with Gasteiger partial charge in [-0.2, -0.15) is 8.97 Å². The van der Waals surface area contributed by atoms with Crippen LogP contribution in [0.25, 0.3) is 99.4 Å². The van der Waals surface area contributed by atoms with Crippen LogP contribution in [0.4, 0.5) is 11.5 Å². The molecule has 0 saturated carbocycles. The molecule has 0 amide bonds. The number of hydrogen-bond acceptors (Lipinski definition) is 2. The van der Waals surface area contributed by atoms with Crippen LogP contribution in [0.15, 0.2) is 291 Å². The molecule has 9 heteroatoms. The van der Waals surface area contributed by atoms with Gasteiger partial charge in [-0.15, -0.1) is 0 Å². The number of nitrogens with zero attached hydrogens (tertiary/aromatic N) is 9. The predicted molar refractivity (Wildman–Crippen MR) is 567 cm³/mol. The number of aryl methyl sites for hydroxylation is 8. The summed E-state index contributed by atoms with van der Waals surface area (Å²) in [6.07, 6.45) is 2.07. The average Bonchev–Trinajstić information content (AvgIpc) is 1.48. The monoisotopic (exact) mass is 1700 g/mol. The van der Waals surface area contributed by atoms with Crippen LogP contribution in [0.5, 0.6) is 0 Å². The van der Waals surface area contributed by atoms with Gasteiger partial charge >= 0.3 is 0 Å². The van der Waals surface area contributed by atoms with Gasteiger partial charge in [0.25, 0.3) is 23.1 Å². The highest BCUT2D eigenvalue weighted by molar-refractivity contribution is 6.14. The van der Waals surface area contributed by atoms with Gasteiger partial charge in [0.1, 0.15) is 55.6 Å². The van der Waals surface area contributed by atoms with Crippen molar-refractivity contribution in [1.82, 2.24) is 8.97 Å². The van der Waals surface area contributed by atoms with E-state index in [4.69, 9.17) is 0 Å². The summed E-state index contributed by atoms with van der Waals surface area (Å²) >= 11 is 0. The molecule has 0 fully saturated rings. The highest BCUT2D eigenvalue weighted by Crippen LogP contribution is 2.36. The van der Waals surface area contributed by atoms with E-state index in [0.29, 0.717) is 0 Å². The zero-order chi connectivity index (χ0) is 95.6. The van der Waals surface area contributed by atoms with Gasteiger partial charge in [-0.05, 0) is 147 Å². The van der Waals surface area contributed by atoms with Crippen molar-refractivity contribution in [3.05, 3.63) is 325 Å². The lowest BCUT2D eigenvalue weighted by Crippen LogP contribution is -2.32. The van der Waals surface area contributed by atoms with Crippen molar-refractivity contribution in [2.75, 3.05) is 43.5 Å². The van der Waals surface area contributed by atoms with Gasteiger partial charge in [-0.25, -0.2) is 23.2 Å². The summed E-state index contributed by atoms with van der Waals surface area (Å²) < 4.78 is 16.3. The smallest absolute Gasteiger partial charge is 0.260 e. The Morgan fingerprint density at radius 3 is 1.15 bits per heavy atom. The number of benzene rings is 11. The number of para-hydroxylation sites is 8. The number of amidine groups is 1. The summed E-state index contributed by atoms with van der Waals surface area (Å²) in [5.41, 5.74) is 23.0. The van der Waals surface area contributed by atoms with Crippen molar-refractivity contribution in [2.45, 2.75) is 235 Å². The maximum absolute atomic E-state index is 2.46. The third-order valence-corrected chi connectivity index (χ3v) is 19.8. The predicted octanol–water partition coefficient (Wildman–Crippen LogP) is 31.8. The van der Waals surface area contributed by atoms with Crippen LogP contribution in [-0.4, -0.2) is 53.1 Å². The van der Waals surface area contributed by atoms with E-state index in [1.807, 2.05) is 200 Å². The molecule has 678 valence electrons. The van der Waals surface area contributed by atoms with Gasteiger partial charge in [-0.1, -0.05) is 382 Å². The van der Waals surface area contributed by atoms with Gasteiger partial charge < -0.3 is 0 Å². The van der Waals surface area contributed by atoms with Crippen LogP contribution in [-0.2, 0) is 27.7 Å². The van der Waals surface area contributed by atoms with Crippen LogP contribution in [0, 0.1) is 34.6 Å². The lowest BCUT2D eigenvalue weighted by Gasteiger charge is -2.14. The number of hydrogen-bond donors (Lipinski definition) is 0. The van der Waals surface area contributed by atoms with E-state index in [2.05, 4.69) is 397 Å².